The lowest BCUT2D eigenvalue weighted by atomic mass is 10.0. The Morgan fingerprint density at radius 1 is 1.18 bits per heavy atom. The normalized spacial score (nSPS) is 21.1. The van der Waals surface area contributed by atoms with Crippen molar-refractivity contribution in [2.45, 2.75) is 18.5 Å². The molecule has 6 nitrogen and oxygen atoms in total. The first-order valence-corrected chi connectivity index (χ1v) is 7.12. The molecule has 1 fully saturated rings. The fourth-order valence-electron chi connectivity index (χ4n) is 2.33. The molecule has 1 aromatic heterocycles. The number of pyridine rings is 1. The van der Waals surface area contributed by atoms with Gasteiger partial charge in [-0.2, -0.15) is 5.10 Å². The Morgan fingerprint density at radius 2 is 1.95 bits per heavy atom. The van der Waals surface area contributed by atoms with Gasteiger partial charge in [-0.3, -0.25) is 9.78 Å². The Labute approximate surface area is 128 Å². The van der Waals surface area contributed by atoms with Gasteiger partial charge in [0.15, 0.2) is 0 Å². The molecule has 0 spiro atoms. The van der Waals surface area contributed by atoms with Gasteiger partial charge in [-0.05, 0) is 29.7 Å². The summed E-state index contributed by atoms with van der Waals surface area (Å²) in [5.74, 6) is -0.156. The minimum absolute atomic E-state index is 0.126. The molecule has 0 bridgehead atoms. The van der Waals surface area contributed by atoms with Gasteiger partial charge in [-0.1, -0.05) is 30.3 Å². The minimum Gasteiger partial charge on any atom is -0.271 e. The summed E-state index contributed by atoms with van der Waals surface area (Å²) in [4.78, 5) is 16.0. The third kappa shape index (κ3) is 3.55. The van der Waals surface area contributed by atoms with E-state index in [4.69, 9.17) is 0 Å². The molecule has 22 heavy (non-hydrogen) atoms. The van der Waals surface area contributed by atoms with Crippen LogP contribution >= 0.6 is 0 Å². The zero-order valence-corrected chi connectivity index (χ0v) is 11.9. The quantitative estimate of drug-likeness (QED) is 0.584. The molecule has 2 atom stereocenters. The van der Waals surface area contributed by atoms with E-state index in [9.17, 15) is 4.79 Å². The molecule has 1 saturated heterocycles. The molecule has 2 aromatic rings. The zero-order valence-electron chi connectivity index (χ0n) is 11.9. The number of amides is 1. The first-order valence-electron chi connectivity index (χ1n) is 7.12. The van der Waals surface area contributed by atoms with E-state index in [0.717, 1.165) is 11.1 Å². The summed E-state index contributed by atoms with van der Waals surface area (Å²) in [6.07, 6.45) is 5.63. The van der Waals surface area contributed by atoms with Crippen molar-refractivity contribution in [1.82, 2.24) is 21.3 Å². The topological polar surface area (TPSA) is 78.4 Å². The standard InChI is InChI=1S/C16H17N5O/c22-16(21-18-11-12-6-8-17-9-7-12)15-10-14(19-20-15)13-4-2-1-3-5-13/h1-9,11,14-15,19-20H,10H2,(H,21,22)/b18-11+. The molecule has 0 saturated carbocycles. The van der Waals surface area contributed by atoms with Crippen LogP contribution in [0, 0.1) is 0 Å². The lowest BCUT2D eigenvalue weighted by Gasteiger charge is -2.08. The highest BCUT2D eigenvalue weighted by Crippen LogP contribution is 2.21. The highest BCUT2D eigenvalue weighted by Gasteiger charge is 2.29. The first kappa shape index (κ1) is 14.4. The molecule has 3 rings (SSSR count). The summed E-state index contributed by atoms with van der Waals surface area (Å²) in [5, 5.41) is 3.96. The first-order chi connectivity index (χ1) is 10.8. The highest BCUT2D eigenvalue weighted by atomic mass is 16.2. The van der Waals surface area contributed by atoms with Crippen LogP contribution in [0.2, 0.25) is 0 Å². The van der Waals surface area contributed by atoms with Gasteiger partial charge in [0.1, 0.15) is 6.04 Å². The average Bonchev–Trinajstić information content (AvgIpc) is 3.07. The van der Waals surface area contributed by atoms with Gasteiger partial charge in [0, 0.05) is 18.4 Å². The fraction of sp³-hybridized carbons (Fsp3) is 0.188. The largest absolute Gasteiger partial charge is 0.271 e. The Morgan fingerprint density at radius 3 is 2.73 bits per heavy atom. The minimum atomic E-state index is -0.306. The second kappa shape index (κ2) is 6.93. The zero-order chi connectivity index (χ0) is 15.2. The van der Waals surface area contributed by atoms with Gasteiger partial charge < -0.3 is 0 Å². The molecular formula is C16H17N5O. The van der Waals surface area contributed by atoms with Crippen molar-refractivity contribution in [2.24, 2.45) is 5.10 Å². The smallest absolute Gasteiger partial charge is 0.258 e. The van der Waals surface area contributed by atoms with Crippen LogP contribution < -0.4 is 16.3 Å². The van der Waals surface area contributed by atoms with Crippen LogP contribution in [-0.2, 0) is 4.79 Å². The number of hydrazone groups is 1. The van der Waals surface area contributed by atoms with E-state index in [2.05, 4.69) is 26.4 Å². The maximum Gasteiger partial charge on any atom is 0.258 e. The van der Waals surface area contributed by atoms with E-state index < -0.39 is 0 Å². The summed E-state index contributed by atoms with van der Waals surface area (Å²) in [7, 11) is 0. The second-order valence-electron chi connectivity index (χ2n) is 5.06. The molecule has 1 aliphatic heterocycles. The number of carbonyl (C=O) groups excluding carboxylic acids is 1. The van der Waals surface area contributed by atoms with Crippen LogP contribution in [0.5, 0.6) is 0 Å². The molecule has 0 aliphatic carbocycles. The predicted octanol–water partition coefficient (Wildman–Crippen LogP) is 1.14. The SMILES string of the molecule is O=C(N/N=C/c1ccncc1)C1CC(c2ccccc2)NN1. The van der Waals surface area contributed by atoms with E-state index in [1.807, 2.05) is 42.5 Å². The van der Waals surface area contributed by atoms with Crippen molar-refractivity contribution in [2.75, 3.05) is 0 Å². The summed E-state index contributed by atoms with van der Waals surface area (Å²) in [6, 6.07) is 13.5. The number of aromatic nitrogens is 1. The summed E-state index contributed by atoms with van der Waals surface area (Å²) in [6.45, 7) is 0. The average molecular weight is 295 g/mol. The third-order valence-electron chi connectivity index (χ3n) is 3.52. The van der Waals surface area contributed by atoms with E-state index in [-0.39, 0.29) is 18.0 Å². The van der Waals surface area contributed by atoms with Crippen molar-refractivity contribution in [1.29, 1.82) is 0 Å². The summed E-state index contributed by atoms with van der Waals surface area (Å²) in [5.41, 5.74) is 10.7. The molecule has 3 N–H and O–H groups in total. The van der Waals surface area contributed by atoms with Crippen molar-refractivity contribution >= 4 is 12.1 Å². The van der Waals surface area contributed by atoms with E-state index >= 15 is 0 Å². The van der Waals surface area contributed by atoms with Crippen molar-refractivity contribution in [3.63, 3.8) is 0 Å². The highest BCUT2D eigenvalue weighted by molar-refractivity contribution is 5.85. The molecule has 1 amide bonds. The van der Waals surface area contributed by atoms with E-state index in [0.29, 0.717) is 6.42 Å². The monoisotopic (exact) mass is 295 g/mol. The molecule has 6 heteroatoms. The summed E-state index contributed by atoms with van der Waals surface area (Å²) >= 11 is 0. The van der Waals surface area contributed by atoms with E-state index in [1.54, 1.807) is 18.6 Å². The van der Waals surface area contributed by atoms with Gasteiger partial charge in [0.05, 0.1) is 6.21 Å². The molecule has 112 valence electrons. The maximum atomic E-state index is 12.1. The Hall–Kier alpha value is -2.57. The molecule has 2 unspecified atom stereocenters. The van der Waals surface area contributed by atoms with Crippen LogP contribution in [0.15, 0.2) is 60.0 Å². The maximum absolute atomic E-state index is 12.1. The Bertz CT molecular complexity index is 644. The Balaban J connectivity index is 1.53. The lowest BCUT2D eigenvalue weighted by Crippen LogP contribution is -2.41. The molecule has 1 aromatic carbocycles. The molecular weight excluding hydrogens is 278 g/mol. The van der Waals surface area contributed by atoms with Gasteiger partial charge in [-0.25, -0.2) is 16.3 Å². The van der Waals surface area contributed by atoms with Crippen LogP contribution in [0.25, 0.3) is 0 Å². The number of hydrogen-bond donors (Lipinski definition) is 3. The van der Waals surface area contributed by atoms with Gasteiger partial charge in [0.2, 0.25) is 0 Å². The lowest BCUT2D eigenvalue weighted by molar-refractivity contribution is -0.122. The van der Waals surface area contributed by atoms with E-state index in [1.165, 1.54) is 0 Å². The van der Waals surface area contributed by atoms with Crippen LogP contribution in [0.4, 0.5) is 0 Å². The number of carbonyl (C=O) groups is 1. The summed E-state index contributed by atoms with van der Waals surface area (Å²) < 4.78 is 0. The van der Waals surface area contributed by atoms with Crippen LogP contribution in [0.1, 0.15) is 23.6 Å². The number of hydrogen-bond acceptors (Lipinski definition) is 5. The van der Waals surface area contributed by atoms with Crippen molar-refractivity contribution in [3.05, 3.63) is 66.0 Å². The Kier molecular flexibility index (Phi) is 4.53. The van der Waals surface area contributed by atoms with Crippen LogP contribution in [0.3, 0.4) is 0 Å². The third-order valence-corrected chi connectivity index (χ3v) is 3.52. The number of nitrogens with zero attached hydrogens (tertiary/aromatic N) is 2. The number of rotatable bonds is 4. The number of nitrogens with one attached hydrogen (secondary N) is 3. The van der Waals surface area contributed by atoms with Gasteiger partial charge in [-0.15, -0.1) is 0 Å². The van der Waals surface area contributed by atoms with Gasteiger partial charge in [0.25, 0.3) is 5.91 Å². The van der Waals surface area contributed by atoms with Gasteiger partial charge >= 0.3 is 0 Å². The van der Waals surface area contributed by atoms with Crippen LogP contribution in [-0.4, -0.2) is 23.1 Å². The molecule has 2 heterocycles. The number of benzene rings is 1. The second-order valence-corrected chi connectivity index (χ2v) is 5.06. The fourth-order valence-corrected chi connectivity index (χ4v) is 2.33. The predicted molar refractivity (Wildman–Crippen MR) is 83.8 cm³/mol. The van der Waals surface area contributed by atoms with Crippen molar-refractivity contribution < 1.29 is 4.79 Å². The number of hydrazine groups is 1. The van der Waals surface area contributed by atoms with Crippen molar-refractivity contribution in [3.8, 4) is 0 Å². The molecule has 1 aliphatic rings. The molecule has 0 radical (unpaired) electrons.